The SMILES string of the molecule is CCNC(=NCc1ccc(OCC2CC2)nc1)NCc1ccccc1Cn1cccn1.I. The molecule has 2 aromatic heterocycles. The van der Waals surface area contributed by atoms with Gasteiger partial charge in [0.1, 0.15) is 0 Å². The van der Waals surface area contributed by atoms with E-state index < -0.39 is 0 Å². The highest BCUT2D eigenvalue weighted by Gasteiger charge is 2.22. The topological polar surface area (TPSA) is 76.4 Å². The number of pyridine rings is 1. The summed E-state index contributed by atoms with van der Waals surface area (Å²) in [7, 11) is 0. The summed E-state index contributed by atoms with van der Waals surface area (Å²) in [5.74, 6) is 2.20. The molecule has 2 N–H and O–H groups in total. The Morgan fingerprint density at radius 3 is 2.66 bits per heavy atom. The Bertz CT molecular complexity index is 970. The normalized spacial score (nSPS) is 13.3. The molecule has 0 bridgehead atoms. The van der Waals surface area contributed by atoms with Crippen LogP contribution in [0.15, 0.2) is 66.0 Å². The Labute approximate surface area is 206 Å². The van der Waals surface area contributed by atoms with Crippen molar-refractivity contribution in [2.45, 2.75) is 39.4 Å². The van der Waals surface area contributed by atoms with Crippen molar-refractivity contribution in [1.82, 2.24) is 25.4 Å². The third-order valence-corrected chi connectivity index (χ3v) is 5.18. The summed E-state index contributed by atoms with van der Waals surface area (Å²) < 4.78 is 7.64. The van der Waals surface area contributed by atoms with E-state index in [1.807, 2.05) is 35.3 Å². The van der Waals surface area contributed by atoms with E-state index in [2.05, 4.69) is 51.9 Å². The van der Waals surface area contributed by atoms with Crippen molar-refractivity contribution >= 4 is 29.9 Å². The van der Waals surface area contributed by atoms with Gasteiger partial charge in [0, 0.05) is 37.7 Å². The molecule has 32 heavy (non-hydrogen) atoms. The Balaban J connectivity index is 0.00000289. The first kappa shape index (κ1) is 24.0. The lowest BCUT2D eigenvalue weighted by molar-refractivity contribution is 0.288. The molecule has 2 heterocycles. The van der Waals surface area contributed by atoms with E-state index in [4.69, 9.17) is 9.73 Å². The summed E-state index contributed by atoms with van der Waals surface area (Å²) in [6.45, 7) is 5.64. The van der Waals surface area contributed by atoms with Gasteiger partial charge in [-0.05, 0) is 48.4 Å². The average Bonchev–Trinajstić information content (AvgIpc) is 3.50. The second kappa shape index (κ2) is 12.4. The maximum absolute atomic E-state index is 5.71. The molecule has 170 valence electrons. The number of aliphatic imine (C=N–C) groups is 1. The molecule has 8 heteroatoms. The van der Waals surface area contributed by atoms with Crippen LogP contribution in [0.4, 0.5) is 0 Å². The molecule has 0 atom stereocenters. The first-order valence-corrected chi connectivity index (χ1v) is 10.9. The van der Waals surface area contributed by atoms with E-state index in [9.17, 15) is 0 Å². The number of aromatic nitrogens is 3. The molecule has 4 rings (SSSR count). The average molecular weight is 546 g/mol. The predicted molar refractivity (Wildman–Crippen MR) is 137 cm³/mol. The standard InChI is InChI=1S/C24H30N6O.HI/c1-2-25-24(27-15-20-10-11-23(26-14-20)31-18-19-8-9-19)28-16-21-6-3-4-7-22(21)17-30-13-5-12-29-30;/h3-7,10-14,19H,2,8-9,15-18H2,1H3,(H2,25,27,28);1H. The van der Waals surface area contributed by atoms with Gasteiger partial charge in [-0.3, -0.25) is 4.68 Å². The van der Waals surface area contributed by atoms with E-state index in [1.165, 1.54) is 24.0 Å². The van der Waals surface area contributed by atoms with Gasteiger partial charge < -0.3 is 15.4 Å². The van der Waals surface area contributed by atoms with E-state index in [0.717, 1.165) is 37.1 Å². The van der Waals surface area contributed by atoms with Crippen LogP contribution in [0.3, 0.4) is 0 Å². The molecule has 0 unspecified atom stereocenters. The minimum absolute atomic E-state index is 0. The van der Waals surface area contributed by atoms with Gasteiger partial charge >= 0.3 is 0 Å². The quantitative estimate of drug-likeness (QED) is 0.229. The highest BCUT2D eigenvalue weighted by molar-refractivity contribution is 14.0. The van der Waals surface area contributed by atoms with Gasteiger partial charge in [0.15, 0.2) is 5.96 Å². The first-order valence-electron chi connectivity index (χ1n) is 10.9. The second-order valence-corrected chi connectivity index (χ2v) is 7.78. The number of guanidine groups is 1. The molecule has 7 nitrogen and oxygen atoms in total. The lowest BCUT2D eigenvalue weighted by Gasteiger charge is -2.14. The van der Waals surface area contributed by atoms with Gasteiger partial charge in [0.05, 0.1) is 19.7 Å². The number of rotatable bonds is 10. The molecular formula is C24H31IN6O. The molecule has 1 aromatic carbocycles. The van der Waals surface area contributed by atoms with Crippen molar-refractivity contribution in [2.75, 3.05) is 13.2 Å². The predicted octanol–water partition coefficient (Wildman–Crippen LogP) is 3.99. The third kappa shape index (κ3) is 7.51. The number of benzene rings is 1. The van der Waals surface area contributed by atoms with Gasteiger partial charge in [-0.1, -0.05) is 30.3 Å². The maximum atomic E-state index is 5.71. The van der Waals surface area contributed by atoms with E-state index >= 15 is 0 Å². The van der Waals surface area contributed by atoms with Gasteiger partial charge in [-0.15, -0.1) is 24.0 Å². The van der Waals surface area contributed by atoms with E-state index in [1.54, 1.807) is 6.20 Å². The van der Waals surface area contributed by atoms with Crippen LogP contribution in [0, 0.1) is 5.92 Å². The molecule has 0 saturated heterocycles. The van der Waals surface area contributed by atoms with Crippen LogP contribution < -0.4 is 15.4 Å². The molecular weight excluding hydrogens is 515 g/mol. The molecule has 1 aliphatic rings. The molecule has 1 saturated carbocycles. The number of nitrogens with zero attached hydrogens (tertiary/aromatic N) is 4. The Kier molecular flexibility index (Phi) is 9.33. The number of halogens is 1. The van der Waals surface area contributed by atoms with Crippen LogP contribution in [-0.4, -0.2) is 33.9 Å². The first-order chi connectivity index (χ1) is 15.3. The van der Waals surface area contributed by atoms with Crippen molar-refractivity contribution in [3.8, 4) is 5.88 Å². The van der Waals surface area contributed by atoms with Crippen LogP contribution in [0.2, 0.25) is 0 Å². The van der Waals surface area contributed by atoms with Crippen LogP contribution in [0.1, 0.15) is 36.5 Å². The van der Waals surface area contributed by atoms with Crippen molar-refractivity contribution < 1.29 is 4.74 Å². The minimum atomic E-state index is 0. The molecule has 1 fully saturated rings. The van der Waals surface area contributed by atoms with Crippen LogP contribution >= 0.6 is 24.0 Å². The highest BCUT2D eigenvalue weighted by atomic mass is 127. The Morgan fingerprint density at radius 1 is 1.12 bits per heavy atom. The van der Waals surface area contributed by atoms with Crippen LogP contribution in [-0.2, 0) is 19.6 Å². The molecule has 0 amide bonds. The van der Waals surface area contributed by atoms with Gasteiger partial charge in [-0.25, -0.2) is 9.98 Å². The van der Waals surface area contributed by atoms with E-state index in [0.29, 0.717) is 19.0 Å². The molecule has 1 aliphatic carbocycles. The number of hydrogen-bond acceptors (Lipinski definition) is 4. The lowest BCUT2D eigenvalue weighted by Crippen LogP contribution is -2.37. The summed E-state index contributed by atoms with van der Waals surface area (Å²) in [5.41, 5.74) is 3.51. The van der Waals surface area contributed by atoms with Crippen molar-refractivity contribution in [3.63, 3.8) is 0 Å². The smallest absolute Gasteiger partial charge is 0.213 e. The van der Waals surface area contributed by atoms with Gasteiger partial charge in [-0.2, -0.15) is 5.10 Å². The zero-order valence-electron chi connectivity index (χ0n) is 18.4. The van der Waals surface area contributed by atoms with Crippen molar-refractivity contribution in [2.24, 2.45) is 10.9 Å². The summed E-state index contributed by atoms with van der Waals surface area (Å²) in [5, 5.41) is 11.1. The summed E-state index contributed by atoms with van der Waals surface area (Å²) in [6, 6.07) is 14.3. The zero-order chi connectivity index (χ0) is 21.3. The summed E-state index contributed by atoms with van der Waals surface area (Å²) in [6.07, 6.45) is 8.18. The Hall–Kier alpha value is -2.62. The second-order valence-electron chi connectivity index (χ2n) is 7.78. The fourth-order valence-corrected chi connectivity index (χ4v) is 3.22. The molecule has 0 aliphatic heterocycles. The highest BCUT2D eigenvalue weighted by Crippen LogP contribution is 2.29. The fourth-order valence-electron chi connectivity index (χ4n) is 3.22. The number of hydrogen-bond donors (Lipinski definition) is 2. The Morgan fingerprint density at radius 2 is 1.97 bits per heavy atom. The molecule has 3 aromatic rings. The van der Waals surface area contributed by atoms with Crippen molar-refractivity contribution in [3.05, 3.63) is 77.7 Å². The third-order valence-electron chi connectivity index (χ3n) is 5.18. The zero-order valence-corrected chi connectivity index (χ0v) is 20.7. The number of nitrogens with one attached hydrogen (secondary N) is 2. The lowest BCUT2D eigenvalue weighted by atomic mass is 10.1. The molecule has 0 radical (unpaired) electrons. The minimum Gasteiger partial charge on any atom is -0.477 e. The largest absolute Gasteiger partial charge is 0.477 e. The maximum Gasteiger partial charge on any atom is 0.213 e. The van der Waals surface area contributed by atoms with Gasteiger partial charge in [0.25, 0.3) is 0 Å². The summed E-state index contributed by atoms with van der Waals surface area (Å²) >= 11 is 0. The monoisotopic (exact) mass is 546 g/mol. The van der Waals surface area contributed by atoms with Gasteiger partial charge in [0.2, 0.25) is 5.88 Å². The molecule has 0 spiro atoms. The van der Waals surface area contributed by atoms with Crippen LogP contribution in [0.5, 0.6) is 5.88 Å². The van der Waals surface area contributed by atoms with E-state index in [-0.39, 0.29) is 24.0 Å². The van der Waals surface area contributed by atoms with Crippen molar-refractivity contribution in [1.29, 1.82) is 0 Å². The summed E-state index contributed by atoms with van der Waals surface area (Å²) in [4.78, 5) is 9.12. The number of ether oxygens (including phenoxy) is 1. The fraction of sp³-hybridized carbons (Fsp3) is 0.375. The van der Waals surface area contributed by atoms with Crippen LogP contribution in [0.25, 0.3) is 0 Å².